The molecule has 4 rings (SSSR count). The van der Waals surface area contributed by atoms with Gasteiger partial charge in [0.05, 0.1) is 25.5 Å². The van der Waals surface area contributed by atoms with E-state index in [1.807, 2.05) is 30.2 Å². The number of aromatic nitrogens is 3. The Hall–Kier alpha value is -3.48. The van der Waals surface area contributed by atoms with Crippen molar-refractivity contribution in [2.45, 2.75) is 25.7 Å². The first kappa shape index (κ1) is 20.8. The number of pyridine rings is 1. The third-order valence-electron chi connectivity index (χ3n) is 5.66. The summed E-state index contributed by atoms with van der Waals surface area (Å²) in [6.45, 7) is 3.20. The Balaban J connectivity index is 1.63. The van der Waals surface area contributed by atoms with Crippen LogP contribution in [0.3, 0.4) is 0 Å². The van der Waals surface area contributed by atoms with Gasteiger partial charge in [-0.3, -0.25) is 9.78 Å². The molecule has 1 atom stereocenters. The minimum atomic E-state index is -0.0413. The summed E-state index contributed by atoms with van der Waals surface area (Å²) in [6, 6.07) is 9.22. The summed E-state index contributed by atoms with van der Waals surface area (Å²) >= 11 is 0. The van der Waals surface area contributed by atoms with Gasteiger partial charge in [0.2, 0.25) is 0 Å². The molecule has 7 nitrogen and oxygen atoms in total. The minimum Gasteiger partial charge on any atom is -0.497 e. The van der Waals surface area contributed by atoms with Crippen molar-refractivity contribution in [3.8, 4) is 22.6 Å². The molecule has 1 unspecified atom stereocenters. The lowest BCUT2D eigenvalue weighted by Gasteiger charge is -2.33. The van der Waals surface area contributed by atoms with Crippen LogP contribution in [0.2, 0.25) is 0 Å². The van der Waals surface area contributed by atoms with Gasteiger partial charge in [0.15, 0.2) is 0 Å². The average Bonchev–Trinajstić information content (AvgIpc) is 2.83. The molecule has 7 heteroatoms. The smallest absolute Gasteiger partial charge is 0.257 e. The molecule has 3 heterocycles. The number of nitrogens with zero attached hydrogens (tertiary/aromatic N) is 4. The summed E-state index contributed by atoms with van der Waals surface area (Å²) in [5, 5.41) is 0. The van der Waals surface area contributed by atoms with Crippen molar-refractivity contribution in [3.63, 3.8) is 0 Å². The maximum atomic E-state index is 13.3. The average molecular weight is 418 g/mol. The minimum absolute atomic E-state index is 0.0413. The summed E-state index contributed by atoms with van der Waals surface area (Å²) < 4.78 is 10.7. The van der Waals surface area contributed by atoms with E-state index >= 15 is 0 Å². The standard InChI is InChI=1S/C24H26N4O3/c1-16-26-14-21(17-8-10-25-11-9-17)23(27-16)18-5-4-12-28(15-18)24(29)20-7-6-19(30-2)13-22(20)31-3/h6-11,13-14,18H,4-5,12,15H2,1-3H3. The Kier molecular flexibility index (Phi) is 6.11. The number of benzene rings is 1. The van der Waals surface area contributed by atoms with Crippen LogP contribution < -0.4 is 9.47 Å². The van der Waals surface area contributed by atoms with E-state index in [-0.39, 0.29) is 11.8 Å². The largest absolute Gasteiger partial charge is 0.497 e. The van der Waals surface area contributed by atoms with Crippen LogP contribution in [0.5, 0.6) is 11.5 Å². The SMILES string of the molecule is COc1ccc(C(=O)N2CCCC(c3nc(C)ncc3-c3ccncc3)C2)c(OC)c1. The molecule has 160 valence electrons. The molecule has 2 aromatic heterocycles. The van der Waals surface area contributed by atoms with Crippen molar-refractivity contribution in [1.29, 1.82) is 0 Å². The number of carbonyl (C=O) groups is 1. The summed E-state index contributed by atoms with van der Waals surface area (Å²) in [4.78, 5) is 28.5. The van der Waals surface area contributed by atoms with Gasteiger partial charge in [-0.1, -0.05) is 0 Å². The molecule has 1 fully saturated rings. The number of likely N-dealkylation sites (tertiary alicyclic amines) is 1. The molecular weight excluding hydrogens is 392 g/mol. The first-order valence-electron chi connectivity index (χ1n) is 10.4. The second-order valence-electron chi connectivity index (χ2n) is 7.61. The van der Waals surface area contributed by atoms with Gasteiger partial charge in [-0.05, 0) is 49.6 Å². The molecule has 1 aromatic carbocycles. The zero-order valence-electron chi connectivity index (χ0n) is 18.0. The zero-order chi connectivity index (χ0) is 21.8. The number of rotatable bonds is 5. The third kappa shape index (κ3) is 4.35. The lowest BCUT2D eigenvalue weighted by atomic mass is 9.89. The van der Waals surface area contributed by atoms with Crippen LogP contribution in [-0.4, -0.2) is 53.1 Å². The topological polar surface area (TPSA) is 77.4 Å². The van der Waals surface area contributed by atoms with Crippen molar-refractivity contribution in [2.24, 2.45) is 0 Å². The van der Waals surface area contributed by atoms with Crippen LogP contribution in [0.1, 0.15) is 40.6 Å². The lowest BCUT2D eigenvalue weighted by molar-refractivity contribution is 0.0702. The number of hydrogen-bond acceptors (Lipinski definition) is 6. The van der Waals surface area contributed by atoms with Crippen molar-refractivity contribution < 1.29 is 14.3 Å². The van der Waals surface area contributed by atoms with E-state index in [1.165, 1.54) is 0 Å². The number of methoxy groups -OCH3 is 2. The van der Waals surface area contributed by atoms with Crippen molar-refractivity contribution in [3.05, 3.63) is 66.0 Å². The molecule has 0 N–H and O–H groups in total. The van der Waals surface area contributed by atoms with Crippen molar-refractivity contribution in [1.82, 2.24) is 19.9 Å². The van der Waals surface area contributed by atoms with Crippen molar-refractivity contribution in [2.75, 3.05) is 27.3 Å². The molecule has 1 saturated heterocycles. The second kappa shape index (κ2) is 9.12. The number of ether oxygens (including phenoxy) is 2. The molecule has 0 aliphatic carbocycles. The first-order valence-corrected chi connectivity index (χ1v) is 10.4. The lowest BCUT2D eigenvalue weighted by Crippen LogP contribution is -2.39. The van der Waals surface area contributed by atoms with Crippen LogP contribution in [0.25, 0.3) is 11.1 Å². The molecule has 0 bridgehead atoms. The highest BCUT2D eigenvalue weighted by Gasteiger charge is 2.29. The van der Waals surface area contributed by atoms with Crippen LogP contribution in [0, 0.1) is 6.92 Å². The maximum absolute atomic E-state index is 13.3. The number of carbonyl (C=O) groups excluding carboxylic acids is 1. The van der Waals surface area contributed by atoms with Gasteiger partial charge in [0.25, 0.3) is 5.91 Å². The van der Waals surface area contributed by atoms with Crippen LogP contribution in [0.4, 0.5) is 0 Å². The molecule has 0 saturated carbocycles. The number of hydrogen-bond donors (Lipinski definition) is 0. The summed E-state index contributed by atoms with van der Waals surface area (Å²) in [5.41, 5.74) is 3.55. The normalized spacial score (nSPS) is 16.1. The molecule has 3 aromatic rings. The van der Waals surface area contributed by atoms with E-state index in [4.69, 9.17) is 14.5 Å². The van der Waals surface area contributed by atoms with E-state index in [0.717, 1.165) is 35.5 Å². The molecule has 1 amide bonds. The number of amides is 1. The predicted molar refractivity (Wildman–Crippen MR) is 117 cm³/mol. The van der Waals surface area contributed by atoms with Gasteiger partial charge in [0, 0.05) is 49.2 Å². The Morgan fingerprint density at radius 2 is 1.94 bits per heavy atom. The fourth-order valence-electron chi connectivity index (χ4n) is 4.08. The molecule has 0 spiro atoms. The molecule has 31 heavy (non-hydrogen) atoms. The summed E-state index contributed by atoms with van der Waals surface area (Å²) in [6.07, 6.45) is 7.29. The summed E-state index contributed by atoms with van der Waals surface area (Å²) in [5.74, 6) is 1.99. The van der Waals surface area contributed by atoms with Crippen LogP contribution in [0.15, 0.2) is 48.9 Å². The third-order valence-corrected chi connectivity index (χ3v) is 5.66. The van der Waals surface area contributed by atoms with E-state index in [1.54, 1.807) is 44.8 Å². The first-order chi connectivity index (χ1) is 15.1. The van der Waals surface area contributed by atoms with Gasteiger partial charge >= 0.3 is 0 Å². The quantitative estimate of drug-likeness (QED) is 0.626. The highest BCUT2D eigenvalue weighted by atomic mass is 16.5. The van der Waals surface area contributed by atoms with Gasteiger partial charge in [-0.25, -0.2) is 9.97 Å². The molecule has 1 aliphatic heterocycles. The van der Waals surface area contributed by atoms with Crippen LogP contribution in [-0.2, 0) is 0 Å². The van der Waals surface area contributed by atoms with Gasteiger partial charge in [-0.15, -0.1) is 0 Å². The molecule has 0 radical (unpaired) electrons. The van der Waals surface area contributed by atoms with E-state index in [2.05, 4.69) is 9.97 Å². The number of aryl methyl sites for hydroxylation is 1. The Labute approximate surface area is 182 Å². The Morgan fingerprint density at radius 1 is 1.13 bits per heavy atom. The summed E-state index contributed by atoms with van der Waals surface area (Å²) in [7, 11) is 3.16. The molecular formula is C24H26N4O3. The highest BCUT2D eigenvalue weighted by Crippen LogP contribution is 2.34. The zero-order valence-corrected chi connectivity index (χ0v) is 18.0. The fraction of sp³-hybridized carbons (Fsp3) is 0.333. The fourth-order valence-corrected chi connectivity index (χ4v) is 4.08. The van der Waals surface area contributed by atoms with E-state index < -0.39 is 0 Å². The van der Waals surface area contributed by atoms with Crippen LogP contribution >= 0.6 is 0 Å². The van der Waals surface area contributed by atoms with Gasteiger partial charge in [0.1, 0.15) is 17.3 Å². The molecule has 1 aliphatic rings. The Morgan fingerprint density at radius 3 is 2.68 bits per heavy atom. The van der Waals surface area contributed by atoms with Gasteiger partial charge < -0.3 is 14.4 Å². The van der Waals surface area contributed by atoms with E-state index in [9.17, 15) is 4.79 Å². The predicted octanol–water partition coefficient (Wildman–Crippen LogP) is 3.88. The second-order valence-corrected chi connectivity index (χ2v) is 7.61. The monoisotopic (exact) mass is 418 g/mol. The van der Waals surface area contributed by atoms with Crippen molar-refractivity contribution >= 4 is 5.91 Å². The van der Waals surface area contributed by atoms with E-state index in [0.29, 0.717) is 30.2 Å². The van der Waals surface area contributed by atoms with Gasteiger partial charge in [-0.2, -0.15) is 0 Å². The number of piperidine rings is 1. The highest BCUT2D eigenvalue weighted by molar-refractivity contribution is 5.97. The Bertz CT molecular complexity index is 1070. The maximum Gasteiger partial charge on any atom is 0.257 e.